The Morgan fingerprint density at radius 2 is 1.75 bits per heavy atom. The van der Waals surface area contributed by atoms with Gasteiger partial charge >= 0.3 is 0 Å². The maximum Gasteiger partial charge on any atom is 0.243 e. The third kappa shape index (κ3) is 3.65. The van der Waals surface area contributed by atoms with Crippen LogP contribution in [-0.2, 0) is 10.0 Å². The monoisotopic (exact) mass is 317 g/mol. The second-order valence-corrected chi connectivity index (χ2v) is 7.77. The maximum atomic E-state index is 12.5. The Labute approximate surface area is 125 Å². The molecule has 0 spiro atoms. The van der Waals surface area contributed by atoms with Gasteiger partial charge in [-0.1, -0.05) is 0 Å². The minimum atomic E-state index is -3.41. The highest BCUT2D eigenvalue weighted by molar-refractivity contribution is 7.89. The van der Waals surface area contributed by atoms with Gasteiger partial charge in [0, 0.05) is 18.5 Å². The third-order valence-corrected chi connectivity index (χ3v) is 5.57. The summed E-state index contributed by atoms with van der Waals surface area (Å²) in [6, 6.07) is 6.59. The van der Waals surface area contributed by atoms with Crippen molar-refractivity contribution in [1.29, 1.82) is 0 Å². The van der Waals surface area contributed by atoms with Crippen LogP contribution in [-0.4, -0.2) is 37.3 Å². The van der Waals surface area contributed by atoms with E-state index in [0.29, 0.717) is 36.6 Å². The van der Waals surface area contributed by atoms with Crippen molar-refractivity contribution in [2.75, 3.05) is 13.1 Å². The maximum absolute atomic E-state index is 12.5. The van der Waals surface area contributed by atoms with Gasteiger partial charge in [0.25, 0.3) is 0 Å². The van der Waals surface area contributed by atoms with Crippen LogP contribution in [0.4, 0.5) is 0 Å². The predicted molar refractivity (Wildman–Crippen MR) is 79.8 cm³/mol. The van der Waals surface area contributed by atoms with E-state index >= 15 is 0 Å². The molecule has 20 heavy (non-hydrogen) atoms. The zero-order valence-electron chi connectivity index (χ0n) is 11.8. The fraction of sp³-hybridized carbons (Fsp3) is 0.571. The SMILES string of the molecule is CC(C)Oc1ccc(S(=O)(=O)N2CCC(Cl)CC2)cc1. The fourth-order valence-corrected chi connectivity index (χ4v) is 3.84. The second kappa shape index (κ2) is 6.33. The smallest absolute Gasteiger partial charge is 0.243 e. The summed E-state index contributed by atoms with van der Waals surface area (Å²) in [4.78, 5) is 0.307. The van der Waals surface area contributed by atoms with Crippen molar-refractivity contribution < 1.29 is 13.2 Å². The van der Waals surface area contributed by atoms with Crippen LogP contribution in [0, 0.1) is 0 Å². The molecule has 1 aromatic carbocycles. The first-order chi connectivity index (χ1) is 9.39. The number of hydrogen-bond donors (Lipinski definition) is 0. The Hall–Kier alpha value is -0.780. The van der Waals surface area contributed by atoms with E-state index in [9.17, 15) is 8.42 Å². The molecule has 4 nitrogen and oxygen atoms in total. The molecule has 0 bridgehead atoms. The Kier molecular flexibility index (Phi) is 4.94. The van der Waals surface area contributed by atoms with Crippen molar-refractivity contribution in [2.24, 2.45) is 0 Å². The highest BCUT2D eigenvalue weighted by Crippen LogP contribution is 2.24. The number of ether oxygens (including phenoxy) is 1. The molecule has 112 valence electrons. The summed E-state index contributed by atoms with van der Waals surface area (Å²) in [6.45, 7) is 4.84. The minimum Gasteiger partial charge on any atom is -0.491 e. The quantitative estimate of drug-likeness (QED) is 0.802. The molecule has 0 saturated carbocycles. The van der Waals surface area contributed by atoms with Crippen LogP contribution >= 0.6 is 11.6 Å². The topological polar surface area (TPSA) is 46.6 Å². The van der Waals surface area contributed by atoms with Crippen LogP contribution in [0.1, 0.15) is 26.7 Å². The van der Waals surface area contributed by atoms with E-state index in [4.69, 9.17) is 16.3 Å². The molecule has 6 heteroatoms. The Balaban J connectivity index is 2.13. The molecule has 0 aliphatic carbocycles. The average molecular weight is 318 g/mol. The minimum absolute atomic E-state index is 0.0696. The number of halogens is 1. The number of hydrogen-bond acceptors (Lipinski definition) is 3. The molecular weight excluding hydrogens is 298 g/mol. The van der Waals surface area contributed by atoms with Crippen molar-refractivity contribution in [2.45, 2.75) is 43.1 Å². The second-order valence-electron chi connectivity index (χ2n) is 5.22. The van der Waals surface area contributed by atoms with Gasteiger partial charge < -0.3 is 4.74 Å². The molecule has 1 aliphatic rings. The molecule has 1 saturated heterocycles. The lowest BCUT2D eigenvalue weighted by Gasteiger charge is -2.28. The summed E-state index contributed by atoms with van der Waals surface area (Å²) in [7, 11) is -3.41. The van der Waals surface area contributed by atoms with Gasteiger partial charge in [0.05, 0.1) is 11.0 Å². The molecule has 1 aliphatic heterocycles. The Morgan fingerprint density at radius 3 is 2.25 bits per heavy atom. The van der Waals surface area contributed by atoms with E-state index in [1.807, 2.05) is 13.8 Å². The summed E-state index contributed by atoms with van der Waals surface area (Å²) in [5.74, 6) is 0.679. The average Bonchev–Trinajstić information content (AvgIpc) is 2.39. The fourth-order valence-electron chi connectivity index (χ4n) is 2.18. The van der Waals surface area contributed by atoms with Crippen molar-refractivity contribution in [3.05, 3.63) is 24.3 Å². The number of sulfonamides is 1. The normalized spacial score (nSPS) is 18.4. The molecule has 0 aromatic heterocycles. The molecule has 1 fully saturated rings. The molecule has 1 heterocycles. The lowest BCUT2D eigenvalue weighted by atomic mass is 10.2. The lowest BCUT2D eigenvalue weighted by Crippen LogP contribution is -2.38. The molecule has 0 radical (unpaired) electrons. The summed E-state index contributed by atoms with van der Waals surface area (Å²) >= 11 is 6.01. The highest BCUT2D eigenvalue weighted by atomic mass is 35.5. The van der Waals surface area contributed by atoms with Gasteiger partial charge in [-0.25, -0.2) is 8.42 Å². The molecule has 0 amide bonds. The molecule has 2 rings (SSSR count). The molecular formula is C14H20ClNO3S. The van der Waals surface area contributed by atoms with E-state index in [2.05, 4.69) is 0 Å². The van der Waals surface area contributed by atoms with E-state index in [1.165, 1.54) is 4.31 Å². The van der Waals surface area contributed by atoms with Gasteiger partial charge in [0.15, 0.2) is 0 Å². The first kappa shape index (κ1) is 15.6. The van der Waals surface area contributed by atoms with Crippen molar-refractivity contribution in [1.82, 2.24) is 4.31 Å². The van der Waals surface area contributed by atoms with Gasteiger partial charge in [-0.3, -0.25) is 0 Å². The summed E-state index contributed by atoms with van der Waals surface area (Å²) in [5.41, 5.74) is 0. The predicted octanol–water partition coefficient (Wildman–Crippen LogP) is 2.87. The summed E-state index contributed by atoms with van der Waals surface area (Å²) < 4.78 is 32.0. The zero-order valence-corrected chi connectivity index (χ0v) is 13.3. The van der Waals surface area contributed by atoms with E-state index in [1.54, 1.807) is 24.3 Å². The van der Waals surface area contributed by atoms with Crippen LogP contribution in [0.15, 0.2) is 29.2 Å². The van der Waals surface area contributed by atoms with Crippen molar-refractivity contribution >= 4 is 21.6 Å². The van der Waals surface area contributed by atoms with Crippen LogP contribution in [0.25, 0.3) is 0 Å². The number of alkyl halides is 1. The van der Waals surface area contributed by atoms with Crippen molar-refractivity contribution in [3.8, 4) is 5.75 Å². The number of benzene rings is 1. The zero-order chi connectivity index (χ0) is 14.8. The van der Waals surface area contributed by atoms with Gasteiger partial charge in [-0.2, -0.15) is 4.31 Å². The Morgan fingerprint density at radius 1 is 1.20 bits per heavy atom. The molecule has 1 aromatic rings. The van der Waals surface area contributed by atoms with E-state index in [-0.39, 0.29) is 11.5 Å². The van der Waals surface area contributed by atoms with Crippen molar-refractivity contribution in [3.63, 3.8) is 0 Å². The largest absolute Gasteiger partial charge is 0.491 e. The van der Waals surface area contributed by atoms with Gasteiger partial charge in [0.2, 0.25) is 10.0 Å². The molecule has 0 atom stereocenters. The summed E-state index contributed by atoms with van der Waals surface area (Å²) in [6.07, 6.45) is 1.48. The van der Waals surface area contributed by atoms with Gasteiger partial charge in [-0.15, -0.1) is 11.6 Å². The van der Waals surface area contributed by atoms with Crippen LogP contribution in [0.5, 0.6) is 5.75 Å². The molecule has 0 N–H and O–H groups in total. The standard InChI is InChI=1S/C14H20ClNO3S/c1-11(2)19-13-3-5-14(6-4-13)20(17,18)16-9-7-12(15)8-10-16/h3-6,11-12H,7-10H2,1-2H3. The number of piperidine rings is 1. The first-order valence-electron chi connectivity index (χ1n) is 6.80. The highest BCUT2D eigenvalue weighted by Gasteiger charge is 2.28. The first-order valence-corrected chi connectivity index (χ1v) is 8.68. The van der Waals surface area contributed by atoms with E-state index < -0.39 is 10.0 Å². The summed E-state index contributed by atoms with van der Waals surface area (Å²) in [5, 5.41) is 0.0864. The molecule has 0 unspecified atom stereocenters. The van der Waals surface area contributed by atoms with Crippen LogP contribution in [0.2, 0.25) is 0 Å². The van der Waals surface area contributed by atoms with Crippen LogP contribution in [0.3, 0.4) is 0 Å². The van der Waals surface area contributed by atoms with Crippen LogP contribution < -0.4 is 4.74 Å². The lowest BCUT2D eigenvalue weighted by molar-refractivity contribution is 0.242. The van der Waals surface area contributed by atoms with Gasteiger partial charge in [-0.05, 0) is 51.0 Å². The Bertz CT molecular complexity index is 534. The van der Waals surface area contributed by atoms with E-state index in [0.717, 1.165) is 0 Å². The van der Waals surface area contributed by atoms with Gasteiger partial charge in [0.1, 0.15) is 5.75 Å². The number of rotatable bonds is 4. The third-order valence-electron chi connectivity index (χ3n) is 3.22. The number of nitrogens with zero attached hydrogens (tertiary/aromatic N) is 1.